The molecule has 0 atom stereocenters. The first-order valence-corrected chi connectivity index (χ1v) is 7.28. The van der Waals surface area contributed by atoms with Gasteiger partial charge in [0.1, 0.15) is 17.6 Å². The minimum atomic E-state index is -0.370. The van der Waals surface area contributed by atoms with Gasteiger partial charge in [-0.25, -0.2) is 0 Å². The van der Waals surface area contributed by atoms with E-state index in [1.165, 1.54) is 51.9 Å². The molecule has 0 fully saturated rings. The number of benzene rings is 2. The van der Waals surface area contributed by atoms with E-state index in [4.69, 9.17) is 18.6 Å². The van der Waals surface area contributed by atoms with Crippen LogP contribution >= 0.6 is 0 Å². The van der Waals surface area contributed by atoms with Crippen molar-refractivity contribution in [2.45, 2.75) is 0 Å². The zero-order valence-electron chi connectivity index (χ0n) is 13.8. The number of hydrogen-bond donors (Lipinski definition) is 2. The summed E-state index contributed by atoms with van der Waals surface area (Å²) in [7, 11) is 4.21. The van der Waals surface area contributed by atoms with Crippen LogP contribution in [0.3, 0.4) is 0 Å². The monoisotopic (exact) mass is 344 g/mol. The Kier molecular flexibility index (Phi) is 4.14. The fraction of sp³-hybridized carbons (Fsp3) is 0.167. The van der Waals surface area contributed by atoms with Gasteiger partial charge in [0.05, 0.1) is 32.3 Å². The van der Waals surface area contributed by atoms with Crippen LogP contribution in [0, 0.1) is 0 Å². The Morgan fingerprint density at radius 1 is 0.920 bits per heavy atom. The number of ether oxygens (including phenoxy) is 3. The van der Waals surface area contributed by atoms with E-state index in [1.54, 1.807) is 0 Å². The molecule has 0 spiro atoms. The lowest BCUT2D eigenvalue weighted by Crippen LogP contribution is -2.06. The highest BCUT2D eigenvalue weighted by Crippen LogP contribution is 2.49. The van der Waals surface area contributed by atoms with Crippen LogP contribution in [-0.2, 0) is 0 Å². The van der Waals surface area contributed by atoms with Crippen LogP contribution in [0.15, 0.2) is 39.7 Å². The molecule has 0 saturated carbocycles. The van der Waals surface area contributed by atoms with E-state index in [-0.39, 0.29) is 56.3 Å². The van der Waals surface area contributed by atoms with Gasteiger partial charge < -0.3 is 28.8 Å². The number of phenols is 2. The van der Waals surface area contributed by atoms with E-state index in [0.29, 0.717) is 0 Å². The second-order valence-electron chi connectivity index (χ2n) is 5.20. The fourth-order valence-corrected chi connectivity index (χ4v) is 2.65. The molecule has 3 aromatic rings. The SMILES string of the molecule is COc1cc(-c2coc3cc(O)ccc3c2=O)c(O)c(OC)c1OC. The number of rotatable bonds is 4. The molecule has 0 radical (unpaired) electrons. The van der Waals surface area contributed by atoms with Crippen molar-refractivity contribution < 1.29 is 28.8 Å². The number of aromatic hydroxyl groups is 2. The topological polar surface area (TPSA) is 98.4 Å². The largest absolute Gasteiger partial charge is 0.508 e. The lowest BCUT2D eigenvalue weighted by atomic mass is 10.0. The van der Waals surface area contributed by atoms with Crippen LogP contribution in [0.2, 0.25) is 0 Å². The van der Waals surface area contributed by atoms with Gasteiger partial charge in [0.25, 0.3) is 0 Å². The summed E-state index contributed by atoms with van der Waals surface area (Å²) in [4.78, 5) is 12.8. The smallest absolute Gasteiger partial charge is 0.207 e. The first-order valence-electron chi connectivity index (χ1n) is 7.28. The zero-order valence-corrected chi connectivity index (χ0v) is 13.8. The third kappa shape index (κ3) is 2.59. The van der Waals surface area contributed by atoms with Crippen LogP contribution in [0.4, 0.5) is 0 Å². The van der Waals surface area contributed by atoms with Crippen LogP contribution in [-0.4, -0.2) is 31.5 Å². The molecule has 0 amide bonds. The summed E-state index contributed by atoms with van der Waals surface area (Å²) in [5, 5.41) is 20.3. The van der Waals surface area contributed by atoms with Crippen molar-refractivity contribution >= 4 is 11.0 Å². The second kappa shape index (κ2) is 6.27. The van der Waals surface area contributed by atoms with Crippen molar-refractivity contribution in [3.05, 3.63) is 40.8 Å². The lowest BCUT2D eigenvalue weighted by Gasteiger charge is -2.16. The highest BCUT2D eigenvalue weighted by Gasteiger charge is 2.23. The van der Waals surface area contributed by atoms with Crippen molar-refractivity contribution in [1.82, 2.24) is 0 Å². The predicted molar refractivity (Wildman–Crippen MR) is 90.9 cm³/mol. The van der Waals surface area contributed by atoms with Crippen molar-refractivity contribution in [2.24, 2.45) is 0 Å². The zero-order chi connectivity index (χ0) is 18.1. The first-order chi connectivity index (χ1) is 12.0. The summed E-state index contributed by atoms with van der Waals surface area (Å²) in [5.74, 6) is 0.255. The van der Waals surface area contributed by atoms with Crippen molar-refractivity contribution in [1.29, 1.82) is 0 Å². The van der Waals surface area contributed by atoms with E-state index >= 15 is 0 Å². The molecule has 130 valence electrons. The molecule has 0 aliphatic heterocycles. The Morgan fingerprint density at radius 3 is 2.28 bits per heavy atom. The van der Waals surface area contributed by atoms with Gasteiger partial charge in [0, 0.05) is 11.6 Å². The maximum absolute atomic E-state index is 12.8. The number of hydrogen-bond acceptors (Lipinski definition) is 7. The summed E-state index contributed by atoms with van der Waals surface area (Å²) in [6.45, 7) is 0. The molecule has 0 bridgehead atoms. The summed E-state index contributed by atoms with van der Waals surface area (Å²) in [5.41, 5.74) is 0.166. The summed E-state index contributed by atoms with van der Waals surface area (Å²) >= 11 is 0. The predicted octanol–water partition coefficient (Wildman–Crippen LogP) is 2.90. The molecule has 25 heavy (non-hydrogen) atoms. The molecule has 2 aromatic carbocycles. The molecule has 3 rings (SSSR count). The Morgan fingerprint density at radius 2 is 1.64 bits per heavy atom. The molecule has 0 aliphatic rings. The van der Waals surface area contributed by atoms with Crippen LogP contribution in [0.5, 0.6) is 28.7 Å². The van der Waals surface area contributed by atoms with Gasteiger partial charge >= 0.3 is 0 Å². The minimum absolute atomic E-state index is 0.0148. The maximum atomic E-state index is 12.8. The summed E-state index contributed by atoms with van der Waals surface area (Å²) in [6, 6.07) is 5.65. The van der Waals surface area contributed by atoms with Crippen molar-refractivity contribution in [3.63, 3.8) is 0 Å². The highest BCUT2D eigenvalue weighted by atomic mass is 16.5. The number of fused-ring (bicyclic) bond motifs is 1. The third-order valence-electron chi connectivity index (χ3n) is 3.85. The molecule has 0 saturated heterocycles. The van der Waals surface area contributed by atoms with E-state index in [0.717, 1.165) is 0 Å². The van der Waals surface area contributed by atoms with E-state index in [2.05, 4.69) is 0 Å². The van der Waals surface area contributed by atoms with Gasteiger partial charge in [0.2, 0.25) is 16.9 Å². The first kappa shape index (κ1) is 16.5. The van der Waals surface area contributed by atoms with Gasteiger partial charge in [-0.3, -0.25) is 4.79 Å². The number of methoxy groups -OCH3 is 3. The molecule has 0 aliphatic carbocycles. The fourth-order valence-electron chi connectivity index (χ4n) is 2.65. The molecular formula is C18H16O7. The van der Waals surface area contributed by atoms with Crippen molar-refractivity contribution in [3.8, 4) is 39.9 Å². The number of phenolic OH excluding ortho intramolecular Hbond substituents is 2. The Hall–Kier alpha value is -3.35. The van der Waals surface area contributed by atoms with E-state index in [9.17, 15) is 15.0 Å². The van der Waals surface area contributed by atoms with Gasteiger partial charge in [-0.15, -0.1) is 0 Å². The molecule has 1 heterocycles. The standard InChI is InChI=1S/C18H16O7/c1-22-14-7-11(16(21)18(24-3)17(14)23-2)12-8-25-13-6-9(19)4-5-10(13)15(12)20/h4-8,19,21H,1-3H3. The van der Waals surface area contributed by atoms with Gasteiger partial charge in [-0.1, -0.05) is 0 Å². The van der Waals surface area contributed by atoms with Crippen LogP contribution in [0.25, 0.3) is 22.1 Å². The van der Waals surface area contributed by atoms with Gasteiger partial charge in [-0.2, -0.15) is 0 Å². The second-order valence-corrected chi connectivity index (χ2v) is 5.20. The Bertz CT molecular complexity index is 1000. The molecule has 0 unspecified atom stereocenters. The average Bonchev–Trinajstić information content (AvgIpc) is 2.61. The minimum Gasteiger partial charge on any atom is -0.508 e. The molecule has 7 nitrogen and oxygen atoms in total. The summed E-state index contributed by atoms with van der Waals surface area (Å²) < 4.78 is 21.1. The lowest BCUT2D eigenvalue weighted by molar-refractivity contribution is 0.311. The average molecular weight is 344 g/mol. The highest BCUT2D eigenvalue weighted by molar-refractivity contribution is 5.86. The van der Waals surface area contributed by atoms with E-state index in [1.807, 2.05) is 0 Å². The third-order valence-corrected chi connectivity index (χ3v) is 3.85. The molecular weight excluding hydrogens is 328 g/mol. The normalized spacial score (nSPS) is 10.7. The van der Waals surface area contributed by atoms with Crippen molar-refractivity contribution in [2.75, 3.05) is 21.3 Å². The Balaban J connectivity index is 2.33. The summed E-state index contributed by atoms with van der Waals surface area (Å²) in [6.07, 6.45) is 1.21. The quantitative estimate of drug-likeness (QED) is 0.751. The van der Waals surface area contributed by atoms with Gasteiger partial charge in [0.15, 0.2) is 11.5 Å². The molecule has 2 N–H and O–H groups in total. The van der Waals surface area contributed by atoms with Gasteiger partial charge in [-0.05, 0) is 18.2 Å². The molecule has 7 heteroatoms. The Labute approximate surface area is 142 Å². The maximum Gasteiger partial charge on any atom is 0.207 e. The molecule has 1 aromatic heterocycles. The van der Waals surface area contributed by atoms with Crippen LogP contribution < -0.4 is 19.6 Å². The van der Waals surface area contributed by atoms with Crippen LogP contribution in [0.1, 0.15) is 0 Å². The van der Waals surface area contributed by atoms with E-state index < -0.39 is 0 Å².